The third-order valence-electron chi connectivity index (χ3n) is 5.83. The first kappa shape index (κ1) is 29.6. The lowest BCUT2D eigenvalue weighted by atomic mass is 9.79. The van der Waals surface area contributed by atoms with Gasteiger partial charge in [-0.15, -0.1) is 0 Å². The summed E-state index contributed by atoms with van der Waals surface area (Å²) in [6.07, 6.45) is -0.427. The van der Waals surface area contributed by atoms with Gasteiger partial charge in [-0.1, -0.05) is 119 Å². The van der Waals surface area contributed by atoms with Crippen LogP contribution in [0, 0.1) is 0 Å². The predicted molar refractivity (Wildman–Crippen MR) is 148 cm³/mol. The van der Waals surface area contributed by atoms with Crippen molar-refractivity contribution in [1.29, 1.82) is 0 Å². The maximum absolute atomic E-state index is 6.65. The van der Waals surface area contributed by atoms with E-state index in [4.69, 9.17) is 9.47 Å². The second-order valence-electron chi connectivity index (χ2n) is 13.2. The van der Waals surface area contributed by atoms with Crippen LogP contribution in [0.1, 0.15) is 112 Å². The Morgan fingerprint density at radius 3 is 0.879 bits per heavy atom. The molecule has 2 rings (SSSR count). The van der Waals surface area contributed by atoms with Crippen molar-refractivity contribution in [3.05, 3.63) is 58.7 Å². The lowest BCUT2D eigenvalue weighted by Crippen LogP contribution is -2.28. The first-order chi connectivity index (χ1) is 14.3. The molecule has 0 aliphatic carbocycles. The molecule has 3 heteroatoms. The van der Waals surface area contributed by atoms with E-state index in [-0.39, 0.29) is 39.0 Å². The zero-order valence-electron chi connectivity index (χ0n) is 22.9. The van der Waals surface area contributed by atoms with Gasteiger partial charge in [0.05, 0.1) is 0 Å². The van der Waals surface area contributed by atoms with Crippen LogP contribution in [-0.4, -0.2) is 23.7 Å². The Morgan fingerprint density at radius 1 is 0.485 bits per heavy atom. The van der Waals surface area contributed by atoms with Crippen molar-refractivity contribution < 1.29 is 9.47 Å². The molecule has 0 saturated carbocycles. The minimum atomic E-state index is -0.427. The minimum Gasteiger partial charge on any atom is -0.455 e. The standard InChI is InChI=1S/C30H46O2.Al.3H/c1-20(31-25-21(27(2,3)4)16-14-17-22(25)28(5,6)7)32-26-23(29(8,9)10)18-15-19-24(26)30(11,12)13;;;;/h14-20H,1-13H3;;;;. The van der Waals surface area contributed by atoms with Crippen molar-refractivity contribution >= 4 is 17.4 Å². The maximum atomic E-state index is 6.65. The van der Waals surface area contributed by atoms with Gasteiger partial charge in [-0.25, -0.2) is 0 Å². The molecule has 0 N–H and O–H groups in total. The Labute approximate surface area is 214 Å². The molecule has 0 atom stereocenters. The monoisotopic (exact) mass is 468 g/mol. The molecule has 0 spiro atoms. The molecular formula is C30H49AlO2. The summed E-state index contributed by atoms with van der Waals surface area (Å²) >= 11 is 0. The zero-order chi connectivity index (χ0) is 24.7. The van der Waals surface area contributed by atoms with Crippen molar-refractivity contribution in [3.8, 4) is 11.5 Å². The highest BCUT2D eigenvalue weighted by molar-refractivity contribution is 5.75. The Hall–Kier alpha value is -1.43. The summed E-state index contributed by atoms with van der Waals surface area (Å²) in [6, 6.07) is 13.0. The normalized spacial score (nSPS) is 13.0. The van der Waals surface area contributed by atoms with E-state index in [2.05, 4.69) is 119 Å². The zero-order valence-corrected chi connectivity index (χ0v) is 22.9. The highest BCUT2D eigenvalue weighted by Gasteiger charge is 2.30. The van der Waals surface area contributed by atoms with Gasteiger partial charge >= 0.3 is 0 Å². The highest BCUT2D eigenvalue weighted by Crippen LogP contribution is 2.42. The number of para-hydroxylation sites is 2. The molecule has 0 saturated heterocycles. The Balaban J connectivity index is 0.00000544. The molecule has 33 heavy (non-hydrogen) atoms. The highest BCUT2D eigenvalue weighted by atomic mass is 27.0. The fourth-order valence-electron chi connectivity index (χ4n) is 4.05. The number of rotatable bonds is 4. The summed E-state index contributed by atoms with van der Waals surface area (Å²) in [4.78, 5) is 0. The Morgan fingerprint density at radius 2 is 0.697 bits per heavy atom. The van der Waals surface area contributed by atoms with Gasteiger partial charge in [0.15, 0.2) is 17.4 Å². The lowest BCUT2D eigenvalue weighted by molar-refractivity contribution is 0.0167. The summed E-state index contributed by atoms with van der Waals surface area (Å²) in [7, 11) is 0. The minimum absolute atomic E-state index is 0. The summed E-state index contributed by atoms with van der Waals surface area (Å²) in [6.45, 7) is 28.8. The number of hydrogen-bond donors (Lipinski definition) is 0. The van der Waals surface area contributed by atoms with E-state index in [9.17, 15) is 0 Å². The smallest absolute Gasteiger partial charge is 0.238 e. The van der Waals surface area contributed by atoms with Crippen LogP contribution >= 0.6 is 0 Å². The van der Waals surface area contributed by atoms with Crippen LogP contribution in [0.4, 0.5) is 0 Å². The number of hydrogen-bond acceptors (Lipinski definition) is 2. The van der Waals surface area contributed by atoms with Gasteiger partial charge in [-0.3, -0.25) is 0 Å². The summed E-state index contributed by atoms with van der Waals surface area (Å²) < 4.78 is 13.3. The fourth-order valence-corrected chi connectivity index (χ4v) is 4.05. The SMILES string of the molecule is CC(Oc1c(C(C)(C)C)cccc1C(C)(C)C)Oc1c(C(C)(C)C)cccc1C(C)(C)C.[AlH3]. The third-order valence-corrected chi connectivity index (χ3v) is 5.83. The van der Waals surface area contributed by atoms with Crippen LogP contribution in [0.15, 0.2) is 36.4 Å². The van der Waals surface area contributed by atoms with E-state index in [1.54, 1.807) is 0 Å². The van der Waals surface area contributed by atoms with Gasteiger partial charge in [0.1, 0.15) is 11.5 Å². The van der Waals surface area contributed by atoms with Crippen molar-refractivity contribution in [1.82, 2.24) is 0 Å². The molecule has 0 amide bonds. The van der Waals surface area contributed by atoms with E-state index >= 15 is 0 Å². The molecule has 0 bridgehead atoms. The first-order valence-corrected chi connectivity index (χ1v) is 11.9. The van der Waals surface area contributed by atoms with Crippen LogP contribution in [0.5, 0.6) is 11.5 Å². The number of ether oxygens (including phenoxy) is 2. The van der Waals surface area contributed by atoms with E-state index < -0.39 is 6.29 Å². The van der Waals surface area contributed by atoms with Crippen molar-refractivity contribution in [3.63, 3.8) is 0 Å². The second-order valence-corrected chi connectivity index (χ2v) is 13.2. The van der Waals surface area contributed by atoms with Crippen molar-refractivity contribution in [2.24, 2.45) is 0 Å². The van der Waals surface area contributed by atoms with Crippen LogP contribution in [0.3, 0.4) is 0 Å². The molecule has 0 unspecified atom stereocenters. The van der Waals surface area contributed by atoms with Crippen LogP contribution < -0.4 is 9.47 Å². The Bertz CT molecular complexity index is 790. The quantitative estimate of drug-likeness (QED) is 0.342. The molecule has 2 aromatic carbocycles. The van der Waals surface area contributed by atoms with Crippen LogP contribution in [-0.2, 0) is 21.7 Å². The number of benzene rings is 2. The van der Waals surface area contributed by atoms with Gasteiger partial charge in [-0.2, -0.15) is 0 Å². The van der Waals surface area contributed by atoms with Gasteiger partial charge in [0.25, 0.3) is 0 Å². The summed E-state index contributed by atoms with van der Waals surface area (Å²) in [5.41, 5.74) is 4.71. The molecule has 0 aliphatic heterocycles. The van der Waals surface area contributed by atoms with E-state index in [0.29, 0.717) is 0 Å². The van der Waals surface area contributed by atoms with E-state index in [1.165, 1.54) is 22.3 Å². The van der Waals surface area contributed by atoms with Crippen LogP contribution in [0.2, 0.25) is 0 Å². The molecule has 2 aromatic rings. The van der Waals surface area contributed by atoms with Crippen LogP contribution in [0.25, 0.3) is 0 Å². The molecule has 184 valence electrons. The first-order valence-electron chi connectivity index (χ1n) is 11.9. The largest absolute Gasteiger partial charge is 0.455 e. The van der Waals surface area contributed by atoms with Crippen molar-refractivity contribution in [2.75, 3.05) is 0 Å². The molecule has 0 aliphatic rings. The second kappa shape index (κ2) is 10.1. The maximum Gasteiger partial charge on any atom is 0.238 e. The molecular weight excluding hydrogens is 419 g/mol. The van der Waals surface area contributed by atoms with Gasteiger partial charge in [-0.05, 0) is 43.9 Å². The van der Waals surface area contributed by atoms with E-state index in [1.807, 2.05) is 6.92 Å². The molecule has 0 fully saturated rings. The average molecular weight is 469 g/mol. The Kier molecular flexibility index (Phi) is 9.02. The topological polar surface area (TPSA) is 18.5 Å². The molecule has 0 aromatic heterocycles. The lowest BCUT2D eigenvalue weighted by Gasteiger charge is -2.33. The molecule has 2 nitrogen and oxygen atoms in total. The van der Waals surface area contributed by atoms with Gasteiger partial charge in [0.2, 0.25) is 6.29 Å². The fraction of sp³-hybridized carbons (Fsp3) is 0.600. The molecule has 0 heterocycles. The third kappa shape index (κ3) is 7.28. The van der Waals surface area contributed by atoms with Gasteiger partial charge < -0.3 is 9.47 Å². The van der Waals surface area contributed by atoms with Gasteiger partial charge in [0, 0.05) is 6.92 Å². The average Bonchev–Trinajstić information content (AvgIpc) is 2.58. The van der Waals surface area contributed by atoms with E-state index in [0.717, 1.165) is 11.5 Å². The predicted octanol–water partition coefficient (Wildman–Crippen LogP) is 7.50. The summed E-state index contributed by atoms with van der Waals surface area (Å²) in [5, 5.41) is 0. The summed E-state index contributed by atoms with van der Waals surface area (Å²) in [5.74, 6) is 1.90. The molecule has 0 radical (unpaired) electrons. The van der Waals surface area contributed by atoms with Crippen molar-refractivity contribution in [2.45, 2.75) is 118 Å².